The molecule has 1 saturated heterocycles. The Labute approximate surface area is 186 Å². The zero-order valence-corrected chi connectivity index (χ0v) is 17.0. The van der Waals surface area contributed by atoms with Crippen molar-refractivity contribution in [1.29, 1.82) is 0 Å². The van der Waals surface area contributed by atoms with Crippen LogP contribution in [-0.2, 0) is 9.47 Å². The van der Waals surface area contributed by atoms with E-state index in [1.807, 2.05) is 0 Å². The van der Waals surface area contributed by atoms with Gasteiger partial charge in [0.15, 0.2) is 12.0 Å². The number of rotatable bonds is 6. The van der Waals surface area contributed by atoms with Gasteiger partial charge >= 0.3 is 11.7 Å². The van der Waals surface area contributed by atoms with E-state index in [9.17, 15) is 24.6 Å². The minimum absolute atomic E-state index is 0.112. The van der Waals surface area contributed by atoms with Crippen LogP contribution in [0.1, 0.15) is 32.5 Å². The lowest BCUT2D eigenvalue weighted by Crippen LogP contribution is -2.37. The van der Waals surface area contributed by atoms with Gasteiger partial charge in [0.2, 0.25) is 0 Å². The standard InChI is InChI=1S/C21H19N5O7/c22-18-13(15(27)11-3-1-5-23-7-11)9-26(21(31)25-18)19-17(29)16(28)14(33-19)10-32-20(30)12-4-2-6-24-8-12/h1-9,14,16-17,19,28-29H,10H2,(H2,22,25,31)/t14-,16-,17-,19-/m1/s1. The Kier molecular flexibility index (Phi) is 6.22. The maximum Gasteiger partial charge on any atom is 0.351 e. The molecule has 1 aliphatic rings. The number of hydrogen-bond acceptors (Lipinski definition) is 11. The minimum atomic E-state index is -1.57. The van der Waals surface area contributed by atoms with Gasteiger partial charge in [-0.2, -0.15) is 4.98 Å². The molecule has 0 aliphatic carbocycles. The van der Waals surface area contributed by atoms with Crippen molar-refractivity contribution in [3.8, 4) is 0 Å². The van der Waals surface area contributed by atoms with Crippen LogP contribution in [0.2, 0.25) is 0 Å². The van der Waals surface area contributed by atoms with Crippen LogP contribution in [-0.4, -0.2) is 66.4 Å². The van der Waals surface area contributed by atoms with Crippen molar-refractivity contribution in [2.45, 2.75) is 24.5 Å². The molecule has 170 valence electrons. The Balaban J connectivity index is 1.54. The molecule has 4 rings (SSSR count). The van der Waals surface area contributed by atoms with Crippen molar-refractivity contribution in [3.63, 3.8) is 0 Å². The number of nitrogen functional groups attached to an aromatic ring is 1. The molecule has 4 N–H and O–H groups in total. The number of carbonyl (C=O) groups excluding carboxylic acids is 2. The van der Waals surface area contributed by atoms with Crippen LogP contribution in [0.4, 0.5) is 5.82 Å². The summed E-state index contributed by atoms with van der Waals surface area (Å²) in [4.78, 5) is 48.6. The average molecular weight is 453 g/mol. The number of esters is 1. The summed E-state index contributed by atoms with van der Waals surface area (Å²) in [5.41, 5.74) is 5.16. The third kappa shape index (κ3) is 4.48. The van der Waals surface area contributed by atoms with Crippen LogP contribution >= 0.6 is 0 Å². The Morgan fingerprint density at radius 3 is 2.39 bits per heavy atom. The minimum Gasteiger partial charge on any atom is -0.459 e. The predicted molar refractivity (Wildman–Crippen MR) is 111 cm³/mol. The molecule has 0 bridgehead atoms. The molecule has 0 saturated carbocycles. The normalized spacial score (nSPS) is 22.1. The number of nitrogens with zero attached hydrogens (tertiary/aromatic N) is 4. The summed E-state index contributed by atoms with van der Waals surface area (Å²) in [5, 5.41) is 20.8. The van der Waals surface area contributed by atoms with Gasteiger partial charge in [-0.1, -0.05) is 0 Å². The van der Waals surface area contributed by atoms with E-state index >= 15 is 0 Å². The number of aromatic nitrogens is 4. The third-order valence-corrected chi connectivity index (χ3v) is 5.04. The van der Waals surface area contributed by atoms with Crippen molar-refractivity contribution >= 4 is 17.6 Å². The van der Waals surface area contributed by atoms with Gasteiger partial charge in [-0.3, -0.25) is 19.3 Å². The van der Waals surface area contributed by atoms with Crippen LogP contribution in [0.5, 0.6) is 0 Å². The van der Waals surface area contributed by atoms with Gasteiger partial charge < -0.3 is 25.4 Å². The number of ketones is 1. The first kappa shape index (κ1) is 22.2. The van der Waals surface area contributed by atoms with Crippen LogP contribution in [0.15, 0.2) is 60.0 Å². The average Bonchev–Trinajstić information content (AvgIpc) is 3.12. The van der Waals surface area contributed by atoms with Gasteiger partial charge in [-0.05, 0) is 24.3 Å². The zero-order chi connectivity index (χ0) is 23.5. The summed E-state index contributed by atoms with van der Waals surface area (Å²) in [6, 6.07) is 6.13. The van der Waals surface area contributed by atoms with Gasteiger partial charge in [0, 0.05) is 36.5 Å². The highest BCUT2D eigenvalue weighted by atomic mass is 16.6. The van der Waals surface area contributed by atoms with Gasteiger partial charge in [0.25, 0.3) is 0 Å². The maximum absolute atomic E-state index is 12.8. The van der Waals surface area contributed by atoms with Crippen molar-refractivity contribution in [2.24, 2.45) is 0 Å². The Hall–Kier alpha value is -4.00. The van der Waals surface area contributed by atoms with Gasteiger partial charge in [-0.25, -0.2) is 9.59 Å². The molecule has 0 aromatic carbocycles. The molecule has 12 nitrogen and oxygen atoms in total. The Morgan fingerprint density at radius 1 is 1.09 bits per heavy atom. The summed E-state index contributed by atoms with van der Waals surface area (Å²) in [7, 11) is 0. The lowest BCUT2D eigenvalue weighted by molar-refractivity contribution is -0.0598. The lowest BCUT2D eigenvalue weighted by Gasteiger charge is -2.18. The summed E-state index contributed by atoms with van der Waals surface area (Å²) < 4.78 is 11.6. The van der Waals surface area contributed by atoms with E-state index in [1.54, 1.807) is 12.1 Å². The van der Waals surface area contributed by atoms with Gasteiger partial charge in [0.05, 0.1) is 11.1 Å². The van der Waals surface area contributed by atoms with Crippen molar-refractivity contribution in [1.82, 2.24) is 19.5 Å². The molecule has 12 heteroatoms. The largest absolute Gasteiger partial charge is 0.459 e. The molecule has 0 unspecified atom stereocenters. The molecule has 3 aromatic heterocycles. The summed E-state index contributed by atoms with van der Waals surface area (Å²) in [6.07, 6.45) is 1.12. The molecule has 3 aromatic rings. The van der Waals surface area contributed by atoms with Crippen LogP contribution < -0.4 is 11.4 Å². The molecule has 0 amide bonds. The second kappa shape index (κ2) is 9.24. The number of aliphatic hydroxyl groups excluding tert-OH is 2. The number of hydrogen-bond donors (Lipinski definition) is 3. The number of aliphatic hydroxyl groups is 2. The predicted octanol–water partition coefficient (Wildman–Crippen LogP) is -0.677. The maximum atomic E-state index is 12.8. The quantitative estimate of drug-likeness (QED) is 0.318. The molecule has 4 atom stereocenters. The molecule has 0 spiro atoms. The Morgan fingerprint density at radius 2 is 1.76 bits per heavy atom. The van der Waals surface area contributed by atoms with Crippen molar-refractivity contribution < 1.29 is 29.3 Å². The molecule has 4 heterocycles. The van der Waals surface area contributed by atoms with E-state index in [4.69, 9.17) is 15.2 Å². The van der Waals surface area contributed by atoms with Crippen LogP contribution in [0, 0.1) is 0 Å². The highest BCUT2D eigenvalue weighted by molar-refractivity contribution is 6.11. The zero-order valence-electron chi connectivity index (χ0n) is 17.0. The first-order valence-corrected chi connectivity index (χ1v) is 9.79. The lowest BCUT2D eigenvalue weighted by atomic mass is 10.1. The van der Waals surface area contributed by atoms with E-state index < -0.39 is 48.6 Å². The van der Waals surface area contributed by atoms with Crippen molar-refractivity contribution in [2.75, 3.05) is 12.3 Å². The van der Waals surface area contributed by atoms with Crippen LogP contribution in [0.25, 0.3) is 0 Å². The van der Waals surface area contributed by atoms with E-state index in [-0.39, 0.29) is 22.5 Å². The fourth-order valence-corrected chi connectivity index (χ4v) is 3.31. The first-order valence-electron chi connectivity index (χ1n) is 9.79. The number of nitrogens with two attached hydrogens (primary N) is 1. The number of ether oxygens (including phenoxy) is 2. The highest BCUT2D eigenvalue weighted by Gasteiger charge is 2.45. The second-order valence-electron chi connectivity index (χ2n) is 7.19. The number of pyridine rings is 2. The first-order chi connectivity index (χ1) is 15.9. The molecule has 1 aliphatic heterocycles. The molecular weight excluding hydrogens is 434 g/mol. The highest BCUT2D eigenvalue weighted by Crippen LogP contribution is 2.29. The Bertz CT molecular complexity index is 1220. The monoisotopic (exact) mass is 453 g/mol. The van der Waals surface area contributed by atoms with E-state index in [0.717, 1.165) is 10.8 Å². The van der Waals surface area contributed by atoms with Crippen molar-refractivity contribution in [3.05, 3.63) is 82.4 Å². The van der Waals surface area contributed by atoms with Crippen LogP contribution in [0.3, 0.4) is 0 Å². The SMILES string of the molecule is Nc1nc(=O)n([C@@H]2O[C@H](COC(=O)c3cccnc3)[C@@H](O)[C@H]2O)cc1C(=O)c1cccnc1. The summed E-state index contributed by atoms with van der Waals surface area (Å²) in [5.74, 6) is -1.55. The van der Waals surface area contributed by atoms with E-state index in [0.29, 0.717) is 0 Å². The fraction of sp³-hybridized carbons (Fsp3) is 0.238. The molecule has 0 radical (unpaired) electrons. The summed E-state index contributed by atoms with van der Waals surface area (Å²) in [6.45, 7) is -0.402. The fourth-order valence-electron chi connectivity index (χ4n) is 3.31. The smallest absolute Gasteiger partial charge is 0.351 e. The third-order valence-electron chi connectivity index (χ3n) is 5.04. The number of carbonyl (C=O) groups is 2. The topological polar surface area (TPSA) is 180 Å². The molecular formula is C21H19N5O7. The van der Waals surface area contributed by atoms with E-state index in [1.165, 1.54) is 36.9 Å². The summed E-state index contributed by atoms with van der Waals surface area (Å²) >= 11 is 0. The molecule has 33 heavy (non-hydrogen) atoms. The molecule has 1 fully saturated rings. The second-order valence-corrected chi connectivity index (χ2v) is 7.19. The van der Waals surface area contributed by atoms with Gasteiger partial charge in [-0.15, -0.1) is 0 Å². The van der Waals surface area contributed by atoms with E-state index in [2.05, 4.69) is 15.0 Å². The van der Waals surface area contributed by atoms with Gasteiger partial charge in [0.1, 0.15) is 30.7 Å². The number of anilines is 1.